The highest BCUT2D eigenvalue weighted by Crippen LogP contribution is 2.31. The lowest BCUT2D eigenvalue weighted by Gasteiger charge is -2.30. The van der Waals surface area contributed by atoms with Crippen LogP contribution in [0, 0.1) is 0 Å². The molecule has 3 aromatic rings. The molecule has 2 aliphatic rings. The number of fused-ring (bicyclic) bond motifs is 2. The van der Waals surface area contributed by atoms with Crippen LogP contribution in [0.1, 0.15) is 38.9 Å². The second-order valence-corrected chi connectivity index (χ2v) is 11.2. The Labute approximate surface area is 207 Å². The average Bonchev–Trinajstić information content (AvgIpc) is 3.24. The van der Waals surface area contributed by atoms with Gasteiger partial charge in [0.05, 0.1) is 22.5 Å². The second kappa shape index (κ2) is 10.2. The van der Waals surface area contributed by atoms with Crippen LogP contribution in [-0.2, 0) is 23.1 Å². The molecule has 35 heavy (non-hydrogen) atoms. The topological polar surface area (TPSA) is 76.9 Å². The number of hydrogen-bond acceptors (Lipinski definition) is 6. The summed E-state index contributed by atoms with van der Waals surface area (Å²) in [6.07, 6.45) is 2.87. The molecular formula is C26H34N4O4S. The van der Waals surface area contributed by atoms with Gasteiger partial charge in [0.15, 0.2) is 11.5 Å². The molecule has 2 aromatic carbocycles. The summed E-state index contributed by atoms with van der Waals surface area (Å²) in [7, 11) is -3.49. The van der Waals surface area contributed by atoms with E-state index in [1.807, 2.05) is 30.3 Å². The molecule has 0 saturated carbocycles. The normalized spacial score (nSPS) is 18.9. The number of imidazole rings is 1. The zero-order valence-corrected chi connectivity index (χ0v) is 21.3. The maximum atomic E-state index is 13.2. The van der Waals surface area contributed by atoms with Gasteiger partial charge in [-0.1, -0.05) is 25.5 Å². The predicted molar refractivity (Wildman–Crippen MR) is 135 cm³/mol. The lowest BCUT2D eigenvalue weighted by Crippen LogP contribution is -2.41. The molecule has 0 bridgehead atoms. The molecular weight excluding hydrogens is 464 g/mol. The molecule has 3 heterocycles. The summed E-state index contributed by atoms with van der Waals surface area (Å²) in [6.45, 7) is 8.88. The van der Waals surface area contributed by atoms with E-state index < -0.39 is 10.0 Å². The highest BCUT2D eigenvalue weighted by Gasteiger charge is 2.27. The summed E-state index contributed by atoms with van der Waals surface area (Å²) < 4.78 is 42.2. The summed E-state index contributed by atoms with van der Waals surface area (Å²) in [5.41, 5.74) is 1.68. The number of piperidine rings is 1. The minimum absolute atomic E-state index is 0.0643. The van der Waals surface area contributed by atoms with Crippen LogP contribution in [0.5, 0.6) is 11.5 Å². The van der Waals surface area contributed by atoms with Crippen molar-refractivity contribution in [2.75, 3.05) is 32.8 Å². The first kappa shape index (κ1) is 24.1. The van der Waals surface area contributed by atoms with Crippen LogP contribution >= 0.6 is 0 Å². The summed E-state index contributed by atoms with van der Waals surface area (Å²) in [4.78, 5) is 7.51. The molecule has 0 N–H and O–H groups in total. The summed E-state index contributed by atoms with van der Waals surface area (Å²) >= 11 is 0. The number of nitrogens with zero attached hydrogens (tertiary/aromatic N) is 4. The van der Waals surface area contributed by atoms with E-state index in [0.29, 0.717) is 37.7 Å². The van der Waals surface area contributed by atoms with Gasteiger partial charge in [-0.05, 0) is 56.6 Å². The molecule has 188 valence electrons. The second-order valence-electron chi connectivity index (χ2n) is 9.21. The molecule has 9 heteroatoms. The predicted octanol–water partition coefficient (Wildman–Crippen LogP) is 3.89. The van der Waals surface area contributed by atoms with Gasteiger partial charge in [-0.3, -0.25) is 4.90 Å². The number of benzene rings is 2. The van der Waals surface area contributed by atoms with E-state index in [9.17, 15) is 8.42 Å². The number of aryl methyl sites for hydroxylation is 1. The zero-order valence-electron chi connectivity index (χ0n) is 20.5. The number of hydrogen-bond donors (Lipinski definition) is 0. The average molecular weight is 499 g/mol. The minimum atomic E-state index is -3.49. The number of ether oxygens (including phenoxy) is 2. The first-order valence-corrected chi connectivity index (χ1v) is 14.0. The Kier molecular flexibility index (Phi) is 7.00. The first-order chi connectivity index (χ1) is 17.0. The van der Waals surface area contributed by atoms with Crippen molar-refractivity contribution in [1.82, 2.24) is 18.8 Å². The highest BCUT2D eigenvalue weighted by atomic mass is 32.2. The van der Waals surface area contributed by atoms with Gasteiger partial charge in [0, 0.05) is 26.2 Å². The lowest BCUT2D eigenvalue weighted by atomic mass is 10.2. The number of rotatable bonds is 8. The van der Waals surface area contributed by atoms with E-state index >= 15 is 0 Å². The van der Waals surface area contributed by atoms with Crippen LogP contribution in [0.4, 0.5) is 0 Å². The van der Waals surface area contributed by atoms with E-state index in [-0.39, 0.29) is 6.10 Å². The molecule has 1 aromatic heterocycles. The van der Waals surface area contributed by atoms with Crippen molar-refractivity contribution >= 4 is 21.1 Å². The van der Waals surface area contributed by atoms with Gasteiger partial charge >= 0.3 is 0 Å². The van der Waals surface area contributed by atoms with E-state index in [4.69, 9.17) is 14.5 Å². The molecule has 2 aliphatic heterocycles. The summed E-state index contributed by atoms with van der Waals surface area (Å²) in [5.74, 6) is 2.49. The molecule has 1 saturated heterocycles. The molecule has 1 atom stereocenters. The monoisotopic (exact) mass is 498 g/mol. The van der Waals surface area contributed by atoms with Gasteiger partial charge in [-0.15, -0.1) is 0 Å². The van der Waals surface area contributed by atoms with Crippen molar-refractivity contribution in [3.05, 3.63) is 48.3 Å². The Morgan fingerprint density at radius 2 is 1.83 bits per heavy atom. The van der Waals surface area contributed by atoms with Crippen LogP contribution < -0.4 is 9.47 Å². The third-order valence-electron chi connectivity index (χ3n) is 6.91. The van der Waals surface area contributed by atoms with Crippen molar-refractivity contribution in [2.24, 2.45) is 0 Å². The van der Waals surface area contributed by atoms with E-state index in [2.05, 4.69) is 23.3 Å². The molecule has 1 fully saturated rings. The summed E-state index contributed by atoms with van der Waals surface area (Å²) in [5, 5.41) is 0. The number of para-hydroxylation sites is 2. The van der Waals surface area contributed by atoms with E-state index in [1.165, 1.54) is 0 Å². The van der Waals surface area contributed by atoms with Gasteiger partial charge in [0.1, 0.15) is 18.5 Å². The molecule has 5 rings (SSSR count). The van der Waals surface area contributed by atoms with Crippen molar-refractivity contribution in [2.45, 2.75) is 57.2 Å². The number of sulfonamides is 1. The molecule has 0 unspecified atom stereocenters. The molecule has 0 amide bonds. The molecule has 0 radical (unpaired) electrons. The van der Waals surface area contributed by atoms with Gasteiger partial charge in [-0.25, -0.2) is 13.4 Å². The van der Waals surface area contributed by atoms with Gasteiger partial charge < -0.3 is 14.0 Å². The standard InChI is InChI=1S/C26H34N4O4S/c1-3-28(17-20-19-33-24-10-6-7-11-25(24)34-20)18-26-27-22-16-21(12-13-23(22)30(26)4-2)35(31,32)29-14-8-5-9-15-29/h6-7,10-13,16,20H,3-5,8-9,14-15,17-19H2,1-2H3/t20-/m0/s1. The molecule has 8 nitrogen and oxygen atoms in total. The largest absolute Gasteiger partial charge is 0.486 e. The zero-order chi connectivity index (χ0) is 24.4. The van der Waals surface area contributed by atoms with E-state index in [1.54, 1.807) is 16.4 Å². The Morgan fingerprint density at radius 1 is 1.06 bits per heavy atom. The fourth-order valence-corrected chi connectivity index (χ4v) is 6.53. The van der Waals surface area contributed by atoms with Crippen molar-refractivity contribution in [1.29, 1.82) is 0 Å². The third kappa shape index (κ3) is 4.90. The Bertz CT molecular complexity index is 1280. The maximum Gasteiger partial charge on any atom is 0.243 e. The number of aromatic nitrogens is 2. The van der Waals surface area contributed by atoms with Gasteiger partial charge in [0.25, 0.3) is 0 Å². The summed E-state index contributed by atoms with van der Waals surface area (Å²) in [6, 6.07) is 13.1. The maximum absolute atomic E-state index is 13.2. The fourth-order valence-electron chi connectivity index (χ4n) is 4.99. The third-order valence-corrected chi connectivity index (χ3v) is 8.80. The van der Waals surface area contributed by atoms with Crippen molar-refractivity contribution < 1.29 is 17.9 Å². The van der Waals surface area contributed by atoms with Crippen LogP contribution in [0.15, 0.2) is 47.4 Å². The van der Waals surface area contributed by atoms with Crippen LogP contribution in [0.25, 0.3) is 11.0 Å². The molecule has 0 spiro atoms. The fraction of sp³-hybridized carbons (Fsp3) is 0.500. The van der Waals surface area contributed by atoms with E-state index in [0.717, 1.165) is 60.7 Å². The van der Waals surface area contributed by atoms with Gasteiger partial charge in [-0.2, -0.15) is 4.31 Å². The van der Waals surface area contributed by atoms with Crippen molar-refractivity contribution in [3.63, 3.8) is 0 Å². The smallest absolute Gasteiger partial charge is 0.243 e. The highest BCUT2D eigenvalue weighted by molar-refractivity contribution is 7.89. The first-order valence-electron chi connectivity index (χ1n) is 12.6. The van der Waals surface area contributed by atoms with Crippen LogP contribution in [-0.4, -0.2) is 66.1 Å². The minimum Gasteiger partial charge on any atom is -0.486 e. The quantitative estimate of drug-likeness (QED) is 0.469. The van der Waals surface area contributed by atoms with Gasteiger partial charge in [0.2, 0.25) is 10.0 Å². The van der Waals surface area contributed by atoms with Crippen LogP contribution in [0.3, 0.4) is 0 Å². The Morgan fingerprint density at radius 3 is 2.57 bits per heavy atom. The molecule has 0 aliphatic carbocycles. The number of likely N-dealkylation sites (N-methyl/N-ethyl adjacent to an activating group) is 1. The van der Waals surface area contributed by atoms with Crippen LogP contribution in [0.2, 0.25) is 0 Å². The SMILES string of the molecule is CCN(Cc1nc2cc(S(=O)(=O)N3CCCCC3)ccc2n1CC)C[C@H]1COc2ccccc2O1. The lowest BCUT2D eigenvalue weighted by molar-refractivity contribution is 0.0571. The Hall–Kier alpha value is -2.62. The van der Waals surface area contributed by atoms with Crippen molar-refractivity contribution in [3.8, 4) is 11.5 Å². The Balaban J connectivity index is 1.35.